The molecule has 8 aromatic rings. The van der Waals surface area contributed by atoms with Gasteiger partial charge < -0.3 is 23.7 Å². The summed E-state index contributed by atoms with van der Waals surface area (Å²) in [5.41, 5.74) is 10.0. The van der Waals surface area contributed by atoms with Crippen LogP contribution in [0.1, 0.15) is 22.6 Å². The monoisotopic (exact) mass is 790 g/mol. The Bertz CT molecular complexity index is 2080. The van der Waals surface area contributed by atoms with Crippen LogP contribution in [-0.2, 0) is 23.3 Å². The molecule has 2 radical (unpaired) electrons. The van der Waals surface area contributed by atoms with E-state index in [1.165, 1.54) is 78.3 Å². The van der Waals surface area contributed by atoms with E-state index in [0.717, 1.165) is 34.2 Å². The first-order valence-corrected chi connectivity index (χ1v) is 19.5. The second kappa shape index (κ2) is 19.1. The van der Waals surface area contributed by atoms with Crippen LogP contribution in [0.4, 0.5) is 0 Å². The van der Waals surface area contributed by atoms with Crippen LogP contribution in [0.3, 0.4) is 0 Å². The third-order valence-electron chi connectivity index (χ3n) is 8.37. The summed E-state index contributed by atoms with van der Waals surface area (Å²) in [5, 5.41) is 5.09. The minimum absolute atomic E-state index is 0. The topological polar surface area (TPSA) is 26.3 Å². The van der Waals surface area contributed by atoms with Gasteiger partial charge in [0.15, 0.2) is 0 Å². The van der Waals surface area contributed by atoms with Gasteiger partial charge in [-0.1, -0.05) is 95.1 Å². The number of rotatable bonds is 4. The fraction of sp³-hybridized carbons (Fsp3) is 0.0909. The molecule has 0 bridgehead atoms. The second-order valence-corrected chi connectivity index (χ2v) is 11.6. The van der Waals surface area contributed by atoms with E-state index in [1.807, 2.05) is 38.1 Å². The van der Waals surface area contributed by atoms with E-state index in [9.17, 15) is 0 Å². The Balaban J connectivity index is 0.000000307. The van der Waals surface area contributed by atoms with E-state index in [1.54, 1.807) is 0 Å². The molecule has 6 aromatic carbocycles. The van der Waals surface area contributed by atoms with Gasteiger partial charge in [0.2, 0.25) is 0 Å². The van der Waals surface area contributed by atoms with Crippen LogP contribution < -0.4 is 0 Å². The molecule has 0 aliphatic rings. The van der Waals surface area contributed by atoms with Crippen LogP contribution in [-0.4, -0.2) is 6.88 Å². The van der Waals surface area contributed by atoms with Gasteiger partial charge in [-0.3, -0.25) is 0 Å². The van der Waals surface area contributed by atoms with Crippen molar-refractivity contribution in [2.75, 3.05) is 0 Å². The predicted octanol–water partition coefficient (Wildman–Crippen LogP) is 13.6. The number of hydrogen-bond donors (Lipinski definition) is 0. The Labute approximate surface area is 326 Å². The number of halogens is 2. The molecule has 6 heteroatoms. The quantitative estimate of drug-likeness (QED) is 0.131. The second-order valence-electron chi connectivity index (χ2n) is 11.6. The van der Waals surface area contributed by atoms with Gasteiger partial charge in [0.1, 0.15) is 0 Å². The molecular weight excluding hydrogens is 751 g/mol. The molecule has 0 spiro atoms. The number of hydrogen-bond acceptors (Lipinski definition) is 2. The van der Waals surface area contributed by atoms with E-state index >= 15 is 0 Å². The van der Waals surface area contributed by atoms with Crippen molar-refractivity contribution in [3.05, 3.63) is 171 Å². The zero-order valence-corrected chi connectivity index (χ0v) is 34.4. The molecule has 2 heterocycles. The van der Waals surface area contributed by atoms with Gasteiger partial charge in [-0.2, -0.15) is 0 Å². The van der Waals surface area contributed by atoms with Gasteiger partial charge in [0, 0.05) is 0 Å². The molecule has 0 aliphatic carbocycles. The van der Waals surface area contributed by atoms with Crippen LogP contribution in [0.25, 0.3) is 66.4 Å². The molecule has 0 N–H and O–H groups in total. The van der Waals surface area contributed by atoms with Gasteiger partial charge in [0.05, 0.1) is 23.0 Å². The Kier molecular flexibility index (Phi) is 16.2. The molecule has 2 nitrogen and oxygen atoms in total. The van der Waals surface area contributed by atoms with E-state index in [0.29, 0.717) is 0 Å². The molecule has 8 rings (SSSR count). The fourth-order valence-electron chi connectivity index (χ4n) is 6.22. The first-order valence-electron chi connectivity index (χ1n) is 15.3. The zero-order chi connectivity index (χ0) is 32.2. The normalized spacial score (nSPS) is 9.90. The number of aryl methyl sites for hydroxylation is 4. The third-order valence-corrected chi connectivity index (χ3v) is 8.37. The van der Waals surface area contributed by atoms with Gasteiger partial charge in [0.25, 0.3) is 0 Å². The van der Waals surface area contributed by atoms with Crippen molar-refractivity contribution < 1.29 is 32.2 Å². The number of benzene rings is 4. The van der Waals surface area contributed by atoms with E-state index in [2.05, 4.69) is 130 Å². The van der Waals surface area contributed by atoms with Crippen LogP contribution in [0.2, 0.25) is 0 Å². The average molecular weight is 793 g/mol. The Morgan fingerprint density at radius 2 is 0.840 bits per heavy atom. The maximum absolute atomic E-state index is 5.77. The van der Waals surface area contributed by atoms with Gasteiger partial charge >= 0.3 is 30.2 Å². The van der Waals surface area contributed by atoms with Gasteiger partial charge in [-0.15, -0.1) is 82.8 Å². The van der Waals surface area contributed by atoms with Crippen molar-refractivity contribution in [3.8, 4) is 44.9 Å². The number of furan rings is 2. The number of fused-ring (bicyclic) bond motifs is 2. The summed E-state index contributed by atoms with van der Waals surface area (Å²) < 4.78 is 11.5. The molecule has 0 fully saturated rings. The molecule has 50 heavy (non-hydrogen) atoms. The van der Waals surface area contributed by atoms with Crippen LogP contribution in [0.5, 0.6) is 0 Å². The van der Waals surface area contributed by atoms with Crippen LogP contribution in [0, 0.1) is 42.5 Å². The van der Waals surface area contributed by atoms with Crippen molar-refractivity contribution in [2.24, 2.45) is 0 Å². The van der Waals surface area contributed by atoms with Crippen molar-refractivity contribution >= 4 is 53.2 Å². The molecule has 0 saturated heterocycles. The van der Waals surface area contributed by atoms with Crippen LogP contribution >= 0.6 is 24.8 Å². The fourth-order valence-corrected chi connectivity index (χ4v) is 6.22. The Hall–Kier alpha value is -3.66. The van der Waals surface area contributed by atoms with Crippen LogP contribution in [0.15, 0.2) is 142 Å². The molecule has 0 saturated carbocycles. The third kappa shape index (κ3) is 8.97. The van der Waals surface area contributed by atoms with Gasteiger partial charge in [-0.25, -0.2) is 0 Å². The molecule has 0 aliphatic heterocycles. The SMILES string of the molecule is Cc1ccc(-c2cc3c(-c4ccccc4)c(C)ccc3[cH-]2)o1.Cc1ccc(-c2cc3c(-c4ccccc4)c(C)ccc3[cH-]2)o1.Cl.Cl.[CH3-].[CH3-].[Si]=[Zr]. The summed E-state index contributed by atoms with van der Waals surface area (Å²) in [6, 6.07) is 46.9. The van der Waals surface area contributed by atoms with Crippen molar-refractivity contribution in [3.63, 3.8) is 0 Å². The van der Waals surface area contributed by atoms with Gasteiger partial charge in [-0.05, 0) is 74.2 Å². The van der Waals surface area contributed by atoms with E-state index in [4.69, 9.17) is 8.83 Å². The Morgan fingerprint density at radius 3 is 1.16 bits per heavy atom. The summed E-state index contributed by atoms with van der Waals surface area (Å²) in [5.74, 6) is 3.76. The minimum atomic E-state index is 0. The first kappa shape index (κ1) is 42.5. The summed E-state index contributed by atoms with van der Waals surface area (Å²) in [7, 11) is 0. The molecule has 256 valence electrons. The molecule has 0 unspecified atom stereocenters. The van der Waals surface area contributed by atoms with E-state index in [-0.39, 0.29) is 39.7 Å². The summed E-state index contributed by atoms with van der Waals surface area (Å²) in [6.45, 7) is 11.4. The van der Waals surface area contributed by atoms with Crippen molar-refractivity contribution in [1.29, 1.82) is 0 Å². The molecule has 0 amide bonds. The zero-order valence-electron chi connectivity index (χ0n) is 29.3. The molecule has 2 aromatic heterocycles. The summed E-state index contributed by atoms with van der Waals surface area (Å²) >= 11 is 1.36. The average Bonchev–Trinajstić information content (AvgIpc) is 3.89. The summed E-state index contributed by atoms with van der Waals surface area (Å²) in [4.78, 5) is 0. The van der Waals surface area contributed by atoms with Crippen molar-refractivity contribution in [1.82, 2.24) is 0 Å². The molecule has 0 atom stereocenters. The van der Waals surface area contributed by atoms with E-state index < -0.39 is 0 Å². The summed E-state index contributed by atoms with van der Waals surface area (Å²) in [6.07, 6.45) is 0. The first-order chi connectivity index (χ1) is 22.4. The Morgan fingerprint density at radius 1 is 0.480 bits per heavy atom. The van der Waals surface area contributed by atoms with Crippen molar-refractivity contribution in [2.45, 2.75) is 27.7 Å². The predicted molar refractivity (Wildman–Crippen MR) is 217 cm³/mol. The molecular formula is C44H42Cl2O2SiZr-4. The maximum atomic E-state index is 5.77. The standard InChI is InChI=1S/2C21H17O.2CH3.2ClH.Si.Zr/c2*1-14-8-10-17-12-18(20-11-9-15(2)22-20)13-19(17)21(14)16-6-4-3-5-7-16;;;;;;/h2*3-13H,1-2H3;2*1H3;2*1H;;/q4*-1;;;;.